The predicted molar refractivity (Wildman–Crippen MR) is 90.7 cm³/mol. The Labute approximate surface area is 142 Å². The van der Waals surface area contributed by atoms with E-state index >= 15 is 0 Å². The van der Waals surface area contributed by atoms with E-state index < -0.39 is 4.92 Å². The molecular formula is C16H12ClN5O2. The molecule has 0 atom stereocenters. The highest BCUT2D eigenvalue weighted by atomic mass is 35.5. The molecule has 24 heavy (non-hydrogen) atoms. The van der Waals surface area contributed by atoms with Crippen molar-refractivity contribution >= 4 is 23.1 Å². The molecule has 0 aliphatic rings. The number of nitrogens with zero attached hydrogens (tertiary/aromatic N) is 4. The second-order valence-electron chi connectivity index (χ2n) is 4.92. The van der Waals surface area contributed by atoms with Gasteiger partial charge in [-0.2, -0.15) is 0 Å². The molecular weight excluding hydrogens is 330 g/mol. The minimum Gasteiger partial charge on any atom is -0.366 e. The molecule has 0 radical (unpaired) electrons. The van der Waals surface area contributed by atoms with Crippen LogP contribution in [0.4, 0.5) is 11.5 Å². The Hall–Kier alpha value is -3.06. The number of hydrogen-bond donors (Lipinski definition) is 1. The van der Waals surface area contributed by atoms with Crippen LogP contribution in [-0.2, 0) is 6.54 Å². The van der Waals surface area contributed by atoms with E-state index in [2.05, 4.69) is 20.3 Å². The molecule has 0 saturated heterocycles. The molecule has 0 aliphatic carbocycles. The van der Waals surface area contributed by atoms with E-state index in [4.69, 9.17) is 11.6 Å². The Morgan fingerprint density at radius 3 is 2.67 bits per heavy atom. The highest BCUT2D eigenvalue weighted by Crippen LogP contribution is 2.20. The van der Waals surface area contributed by atoms with Gasteiger partial charge in [-0.05, 0) is 17.7 Å². The van der Waals surface area contributed by atoms with Crippen LogP contribution in [0.3, 0.4) is 0 Å². The number of halogens is 1. The quantitative estimate of drug-likeness (QED) is 0.432. The van der Waals surface area contributed by atoms with Gasteiger partial charge in [-0.25, -0.2) is 9.97 Å². The largest absolute Gasteiger partial charge is 0.366 e. The average Bonchev–Trinajstić information content (AvgIpc) is 2.60. The summed E-state index contributed by atoms with van der Waals surface area (Å²) in [5.74, 6) is 1.01. The lowest BCUT2D eigenvalue weighted by Gasteiger charge is -2.08. The van der Waals surface area contributed by atoms with Crippen molar-refractivity contribution in [2.24, 2.45) is 0 Å². The minimum atomic E-state index is -0.424. The third kappa shape index (κ3) is 3.82. The van der Waals surface area contributed by atoms with E-state index in [1.54, 1.807) is 42.7 Å². The third-order valence-corrected chi connectivity index (χ3v) is 3.42. The molecule has 1 aromatic carbocycles. The van der Waals surface area contributed by atoms with Crippen molar-refractivity contribution in [2.45, 2.75) is 6.54 Å². The number of rotatable bonds is 5. The number of pyridine rings is 1. The van der Waals surface area contributed by atoms with E-state index in [0.29, 0.717) is 23.3 Å². The summed E-state index contributed by atoms with van der Waals surface area (Å²) in [5, 5.41) is 14.2. The summed E-state index contributed by atoms with van der Waals surface area (Å²) in [7, 11) is 0. The standard InChI is InChI=1S/C16H12ClN5O2/c17-14-9-15(21-16(20-14)12-4-6-18-7-5-12)19-10-11-2-1-3-13(8-11)22(23)24/h1-9H,10H2,(H,19,20,21). The fraction of sp³-hybridized carbons (Fsp3) is 0.0625. The Morgan fingerprint density at radius 2 is 1.92 bits per heavy atom. The summed E-state index contributed by atoms with van der Waals surface area (Å²) in [4.78, 5) is 22.9. The Bertz CT molecular complexity index is 873. The van der Waals surface area contributed by atoms with Gasteiger partial charge in [0.2, 0.25) is 0 Å². The fourth-order valence-corrected chi connectivity index (χ4v) is 2.29. The molecule has 1 N–H and O–H groups in total. The number of anilines is 1. The monoisotopic (exact) mass is 341 g/mol. The van der Waals surface area contributed by atoms with Gasteiger partial charge in [0.05, 0.1) is 4.92 Å². The van der Waals surface area contributed by atoms with E-state index in [-0.39, 0.29) is 5.69 Å². The maximum atomic E-state index is 10.8. The number of non-ortho nitro benzene ring substituents is 1. The minimum absolute atomic E-state index is 0.0486. The number of nitro groups is 1. The van der Waals surface area contributed by atoms with Crippen LogP contribution in [0.15, 0.2) is 54.9 Å². The molecule has 2 heterocycles. The maximum absolute atomic E-state index is 10.8. The lowest BCUT2D eigenvalue weighted by atomic mass is 10.2. The summed E-state index contributed by atoms with van der Waals surface area (Å²) in [6.07, 6.45) is 3.30. The molecule has 120 valence electrons. The van der Waals surface area contributed by atoms with Gasteiger partial charge < -0.3 is 5.32 Å². The van der Waals surface area contributed by atoms with Gasteiger partial charge in [-0.3, -0.25) is 15.1 Å². The van der Waals surface area contributed by atoms with E-state index in [1.807, 2.05) is 0 Å². The Kier molecular flexibility index (Phi) is 4.62. The van der Waals surface area contributed by atoms with Crippen LogP contribution in [0, 0.1) is 10.1 Å². The van der Waals surface area contributed by atoms with Crippen LogP contribution < -0.4 is 5.32 Å². The van der Waals surface area contributed by atoms with Gasteiger partial charge in [0.25, 0.3) is 5.69 Å². The van der Waals surface area contributed by atoms with Gasteiger partial charge in [0, 0.05) is 42.7 Å². The molecule has 3 rings (SSSR count). The molecule has 0 fully saturated rings. The molecule has 0 saturated carbocycles. The molecule has 2 aromatic heterocycles. The highest BCUT2D eigenvalue weighted by molar-refractivity contribution is 6.29. The lowest BCUT2D eigenvalue weighted by Crippen LogP contribution is -2.03. The highest BCUT2D eigenvalue weighted by Gasteiger charge is 2.08. The first kappa shape index (κ1) is 15.8. The normalized spacial score (nSPS) is 10.4. The molecule has 0 bridgehead atoms. The van der Waals surface area contributed by atoms with Crippen molar-refractivity contribution in [1.82, 2.24) is 15.0 Å². The fourth-order valence-electron chi connectivity index (χ4n) is 2.11. The zero-order valence-electron chi connectivity index (χ0n) is 12.4. The van der Waals surface area contributed by atoms with Gasteiger partial charge in [0.15, 0.2) is 5.82 Å². The number of nitrogens with one attached hydrogen (secondary N) is 1. The van der Waals surface area contributed by atoms with Crippen LogP contribution in [-0.4, -0.2) is 19.9 Å². The summed E-state index contributed by atoms with van der Waals surface area (Å²) in [6.45, 7) is 0.380. The first-order chi connectivity index (χ1) is 11.6. The third-order valence-electron chi connectivity index (χ3n) is 3.23. The lowest BCUT2D eigenvalue weighted by molar-refractivity contribution is -0.384. The summed E-state index contributed by atoms with van der Waals surface area (Å²) < 4.78 is 0. The van der Waals surface area contributed by atoms with Crippen LogP contribution in [0.2, 0.25) is 5.15 Å². The smallest absolute Gasteiger partial charge is 0.269 e. The van der Waals surface area contributed by atoms with Crippen LogP contribution in [0.5, 0.6) is 0 Å². The van der Waals surface area contributed by atoms with Gasteiger partial charge >= 0.3 is 0 Å². The molecule has 8 heteroatoms. The number of hydrogen-bond acceptors (Lipinski definition) is 6. The summed E-state index contributed by atoms with van der Waals surface area (Å²) in [5.41, 5.74) is 1.61. The zero-order chi connectivity index (χ0) is 16.9. The summed E-state index contributed by atoms with van der Waals surface area (Å²) in [6, 6.07) is 11.6. The number of aromatic nitrogens is 3. The SMILES string of the molecule is O=[N+]([O-])c1cccc(CNc2cc(Cl)nc(-c3ccncc3)n2)c1. The van der Waals surface area contributed by atoms with Gasteiger partial charge in [0.1, 0.15) is 11.0 Å². The first-order valence-corrected chi connectivity index (χ1v) is 7.42. The summed E-state index contributed by atoms with van der Waals surface area (Å²) >= 11 is 6.05. The van der Waals surface area contributed by atoms with E-state index in [1.165, 1.54) is 12.1 Å². The van der Waals surface area contributed by atoms with Crippen molar-refractivity contribution in [3.63, 3.8) is 0 Å². The molecule has 3 aromatic rings. The molecule has 0 aliphatic heterocycles. The maximum Gasteiger partial charge on any atom is 0.269 e. The first-order valence-electron chi connectivity index (χ1n) is 7.04. The van der Waals surface area contributed by atoms with Crippen molar-refractivity contribution in [3.05, 3.63) is 75.7 Å². The van der Waals surface area contributed by atoms with Crippen molar-refractivity contribution < 1.29 is 4.92 Å². The number of nitro benzene ring substituents is 1. The molecule has 0 spiro atoms. The van der Waals surface area contributed by atoms with Crippen molar-refractivity contribution in [3.8, 4) is 11.4 Å². The topological polar surface area (TPSA) is 93.8 Å². The predicted octanol–water partition coefficient (Wildman–Crippen LogP) is 3.71. The van der Waals surface area contributed by atoms with Crippen LogP contribution in [0.25, 0.3) is 11.4 Å². The van der Waals surface area contributed by atoms with Gasteiger partial charge in [-0.1, -0.05) is 23.7 Å². The van der Waals surface area contributed by atoms with E-state index in [0.717, 1.165) is 11.1 Å². The Balaban J connectivity index is 1.80. The second kappa shape index (κ2) is 7.01. The Morgan fingerprint density at radius 1 is 1.12 bits per heavy atom. The van der Waals surface area contributed by atoms with Crippen molar-refractivity contribution in [1.29, 1.82) is 0 Å². The average molecular weight is 342 g/mol. The molecule has 7 nitrogen and oxygen atoms in total. The van der Waals surface area contributed by atoms with Gasteiger partial charge in [-0.15, -0.1) is 0 Å². The second-order valence-corrected chi connectivity index (χ2v) is 5.30. The zero-order valence-corrected chi connectivity index (χ0v) is 13.1. The number of benzene rings is 1. The van der Waals surface area contributed by atoms with Crippen molar-refractivity contribution in [2.75, 3.05) is 5.32 Å². The van der Waals surface area contributed by atoms with E-state index in [9.17, 15) is 10.1 Å². The molecule has 0 amide bonds. The van der Waals surface area contributed by atoms with Crippen LogP contribution in [0.1, 0.15) is 5.56 Å². The van der Waals surface area contributed by atoms with Crippen LogP contribution >= 0.6 is 11.6 Å². The molecule has 0 unspecified atom stereocenters.